The molecule has 1 heterocycles. The van der Waals surface area contributed by atoms with Crippen molar-refractivity contribution < 1.29 is 45.8 Å². The molecular weight excluding hydrogens is 586 g/mol. The van der Waals surface area contributed by atoms with Crippen LogP contribution in [0.4, 0.5) is 32.0 Å². The van der Waals surface area contributed by atoms with Gasteiger partial charge in [-0.3, -0.25) is 9.59 Å². The minimum atomic E-state index is -5.34. The van der Waals surface area contributed by atoms with E-state index in [0.29, 0.717) is 41.7 Å². The van der Waals surface area contributed by atoms with Crippen LogP contribution < -0.4 is 5.32 Å². The average molecular weight is 617 g/mol. The van der Waals surface area contributed by atoms with Crippen LogP contribution in [0, 0.1) is 11.8 Å². The second-order valence-corrected chi connectivity index (χ2v) is 11.4. The van der Waals surface area contributed by atoms with Crippen LogP contribution in [-0.4, -0.2) is 54.7 Å². The SMILES string of the molecule is O=C(/C=C/c1ccc(Sc2cccc(NC[C@H]3CC[C@H](C(=O)O)CC3)c2)c(C(F)(F)F)c1C(F)(F)F)N1CCOCC1. The number of carboxylic acid groups (broad SMARTS) is 1. The fraction of sp³-hybridized carbons (Fsp3) is 0.448. The van der Waals surface area contributed by atoms with Crippen molar-refractivity contribution in [2.75, 3.05) is 38.2 Å². The predicted molar refractivity (Wildman–Crippen MR) is 145 cm³/mol. The Morgan fingerprint density at radius 3 is 2.26 bits per heavy atom. The second kappa shape index (κ2) is 13.4. The lowest BCUT2D eigenvalue weighted by Gasteiger charge is -2.26. The Balaban J connectivity index is 1.55. The lowest BCUT2D eigenvalue weighted by molar-refractivity contribution is -0.163. The van der Waals surface area contributed by atoms with Crippen molar-refractivity contribution in [3.8, 4) is 0 Å². The molecule has 1 amide bonds. The zero-order valence-corrected chi connectivity index (χ0v) is 23.2. The maximum atomic E-state index is 14.2. The Labute approximate surface area is 243 Å². The fourth-order valence-corrected chi connectivity index (χ4v) is 6.18. The molecular formula is C29H30F6N2O4S. The number of amides is 1. The molecule has 13 heteroatoms. The number of benzene rings is 2. The lowest BCUT2D eigenvalue weighted by Crippen LogP contribution is -2.39. The van der Waals surface area contributed by atoms with Crippen LogP contribution >= 0.6 is 11.8 Å². The van der Waals surface area contributed by atoms with Gasteiger partial charge in [0.1, 0.15) is 0 Å². The zero-order valence-electron chi connectivity index (χ0n) is 22.4. The van der Waals surface area contributed by atoms with Gasteiger partial charge in [0, 0.05) is 41.2 Å². The first kappa shape index (κ1) is 31.7. The number of ether oxygens (including phenoxy) is 1. The van der Waals surface area contributed by atoms with Gasteiger partial charge in [-0.15, -0.1) is 0 Å². The molecule has 1 aliphatic carbocycles. The van der Waals surface area contributed by atoms with Crippen molar-refractivity contribution in [3.63, 3.8) is 0 Å². The highest BCUT2D eigenvalue weighted by Crippen LogP contribution is 2.48. The van der Waals surface area contributed by atoms with E-state index in [-0.39, 0.29) is 38.1 Å². The van der Waals surface area contributed by atoms with Crippen LogP contribution in [0.15, 0.2) is 52.3 Å². The summed E-state index contributed by atoms with van der Waals surface area (Å²) in [6.45, 7) is 1.54. The zero-order chi connectivity index (χ0) is 30.5. The van der Waals surface area contributed by atoms with Crippen molar-refractivity contribution in [3.05, 3.63) is 59.2 Å². The van der Waals surface area contributed by atoms with E-state index in [9.17, 15) is 35.9 Å². The molecule has 0 aromatic heterocycles. The minimum Gasteiger partial charge on any atom is -0.481 e. The fourth-order valence-electron chi connectivity index (χ4n) is 5.13. The van der Waals surface area contributed by atoms with Gasteiger partial charge in [-0.2, -0.15) is 26.3 Å². The van der Waals surface area contributed by atoms with Gasteiger partial charge in [0.15, 0.2) is 0 Å². The van der Waals surface area contributed by atoms with Crippen molar-refractivity contribution in [1.82, 2.24) is 4.90 Å². The summed E-state index contributed by atoms with van der Waals surface area (Å²) in [4.78, 5) is 24.6. The molecule has 2 aromatic carbocycles. The number of carbonyl (C=O) groups is 2. The molecule has 1 aliphatic heterocycles. The first-order valence-electron chi connectivity index (χ1n) is 13.4. The number of alkyl halides is 6. The summed E-state index contributed by atoms with van der Waals surface area (Å²) in [6.07, 6.45) is -6.43. The highest BCUT2D eigenvalue weighted by Gasteiger charge is 2.46. The quantitative estimate of drug-likeness (QED) is 0.245. The summed E-state index contributed by atoms with van der Waals surface area (Å²) in [5.74, 6) is -1.53. The number of hydrogen-bond acceptors (Lipinski definition) is 5. The number of aliphatic carboxylic acids is 1. The van der Waals surface area contributed by atoms with Crippen LogP contribution in [0.1, 0.15) is 42.4 Å². The minimum absolute atomic E-state index is 0.235. The monoisotopic (exact) mass is 616 g/mol. The molecule has 0 atom stereocenters. The van der Waals surface area contributed by atoms with Crippen LogP contribution in [0.25, 0.3) is 6.08 Å². The third-order valence-corrected chi connectivity index (χ3v) is 8.40. The summed E-state index contributed by atoms with van der Waals surface area (Å²) >= 11 is 0.568. The number of carbonyl (C=O) groups excluding carboxylic acids is 1. The highest BCUT2D eigenvalue weighted by atomic mass is 32.2. The Kier molecular flexibility index (Phi) is 10.1. The predicted octanol–water partition coefficient (Wildman–Crippen LogP) is 7.05. The third-order valence-electron chi connectivity index (χ3n) is 7.35. The lowest BCUT2D eigenvalue weighted by atomic mass is 9.82. The van der Waals surface area contributed by atoms with Gasteiger partial charge in [-0.05, 0) is 67.5 Å². The maximum Gasteiger partial charge on any atom is 0.418 e. The molecule has 4 rings (SSSR count). The molecule has 0 radical (unpaired) electrons. The molecule has 0 bridgehead atoms. The molecule has 1 saturated carbocycles. The van der Waals surface area contributed by atoms with E-state index in [2.05, 4.69) is 5.32 Å². The molecule has 2 N–H and O–H groups in total. The van der Waals surface area contributed by atoms with E-state index in [1.165, 1.54) is 11.0 Å². The van der Waals surface area contributed by atoms with Gasteiger partial charge in [0.05, 0.1) is 30.3 Å². The van der Waals surface area contributed by atoms with Gasteiger partial charge < -0.3 is 20.1 Å². The van der Waals surface area contributed by atoms with Gasteiger partial charge in [-0.1, -0.05) is 23.9 Å². The Morgan fingerprint density at radius 1 is 0.976 bits per heavy atom. The van der Waals surface area contributed by atoms with Gasteiger partial charge >= 0.3 is 18.3 Å². The van der Waals surface area contributed by atoms with Gasteiger partial charge in [0.25, 0.3) is 0 Å². The van der Waals surface area contributed by atoms with Crippen LogP contribution in [0.2, 0.25) is 0 Å². The third kappa shape index (κ3) is 8.21. The van der Waals surface area contributed by atoms with Crippen molar-refractivity contribution in [1.29, 1.82) is 0 Å². The number of hydrogen-bond donors (Lipinski definition) is 2. The molecule has 2 fully saturated rings. The molecule has 0 spiro atoms. The first-order valence-corrected chi connectivity index (χ1v) is 14.3. The van der Waals surface area contributed by atoms with Gasteiger partial charge in [0.2, 0.25) is 5.91 Å². The number of halogens is 6. The molecule has 2 aliphatic rings. The van der Waals surface area contributed by atoms with E-state index in [1.54, 1.807) is 18.2 Å². The van der Waals surface area contributed by atoms with Crippen molar-refractivity contribution in [2.24, 2.45) is 11.8 Å². The summed E-state index contributed by atoms with van der Waals surface area (Å²) < 4.78 is 90.2. The standard InChI is InChI=1S/C29H30F6N2O4S/c30-28(31,32)25-19(9-11-24(38)37-12-14-41-15-13-37)8-10-23(26(25)29(33,34)35)42-22-3-1-2-21(16-22)36-17-18-4-6-20(7-5-18)27(39)40/h1-3,8-11,16,18,20,36H,4-7,12-15,17H2,(H,39,40)/b11-9+/t18-,20-. The molecule has 0 unspecified atom stereocenters. The molecule has 1 saturated heterocycles. The largest absolute Gasteiger partial charge is 0.481 e. The molecule has 2 aromatic rings. The summed E-state index contributed by atoms with van der Waals surface area (Å²) in [5, 5.41) is 12.4. The number of morpholine rings is 1. The summed E-state index contributed by atoms with van der Waals surface area (Å²) in [5.41, 5.74) is -3.83. The maximum absolute atomic E-state index is 14.2. The topological polar surface area (TPSA) is 78.9 Å². The first-order chi connectivity index (χ1) is 19.8. The normalized spacial score (nSPS) is 20.1. The van der Waals surface area contributed by atoms with E-state index < -0.39 is 45.8 Å². The van der Waals surface area contributed by atoms with E-state index in [4.69, 9.17) is 9.84 Å². The Hall–Kier alpha value is -3.19. The van der Waals surface area contributed by atoms with E-state index in [0.717, 1.165) is 37.1 Å². The summed E-state index contributed by atoms with van der Waals surface area (Å²) in [7, 11) is 0. The van der Waals surface area contributed by atoms with Crippen LogP contribution in [0.5, 0.6) is 0 Å². The van der Waals surface area contributed by atoms with Crippen LogP contribution in [-0.2, 0) is 26.7 Å². The number of carboxylic acids is 1. The Morgan fingerprint density at radius 2 is 1.64 bits per heavy atom. The average Bonchev–Trinajstić information content (AvgIpc) is 2.94. The smallest absolute Gasteiger partial charge is 0.418 e. The number of anilines is 1. The molecule has 42 heavy (non-hydrogen) atoms. The number of rotatable bonds is 8. The van der Waals surface area contributed by atoms with Crippen molar-refractivity contribution in [2.45, 2.75) is 47.8 Å². The van der Waals surface area contributed by atoms with E-state index >= 15 is 0 Å². The highest BCUT2D eigenvalue weighted by molar-refractivity contribution is 7.99. The van der Waals surface area contributed by atoms with Gasteiger partial charge in [-0.25, -0.2) is 0 Å². The number of nitrogens with zero attached hydrogens (tertiary/aromatic N) is 1. The second-order valence-electron chi connectivity index (χ2n) is 10.2. The van der Waals surface area contributed by atoms with Crippen LogP contribution in [0.3, 0.4) is 0 Å². The Bertz CT molecular complexity index is 1300. The molecule has 6 nitrogen and oxygen atoms in total. The van der Waals surface area contributed by atoms with Crippen molar-refractivity contribution >= 4 is 35.4 Å². The number of nitrogens with one attached hydrogen (secondary N) is 1. The summed E-state index contributed by atoms with van der Waals surface area (Å²) in [6, 6.07) is 8.31. The molecule has 228 valence electrons. The van der Waals surface area contributed by atoms with E-state index in [1.807, 2.05) is 0 Å².